The van der Waals surface area contributed by atoms with E-state index in [4.69, 9.17) is 0 Å². The van der Waals surface area contributed by atoms with Gasteiger partial charge in [-0.15, -0.1) is 0 Å². The Bertz CT molecular complexity index is 673. The summed E-state index contributed by atoms with van der Waals surface area (Å²) in [5.74, 6) is 1.09. The van der Waals surface area contributed by atoms with Gasteiger partial charge in [-0.25, -0.2) is 0 Å². The van der Waals surface area contributed by atoms with Crippen molar-refractivity contribution in [1.82, 2.24) is 4.90 Å². The molecule has 3 heteroatoms. The number of likely N-dealkylation sites (tertiary alicyclic amines) is 1. The molecule has 1 N–H and O–H groups in total. The second-order valence-corrected chi connectivity index (χ2v) is 9.23. The molecule has 0 atom stereocenters. The highest BCUT2D eigenvalue weighted by Gasteiger charge is 2.49. The van der Waals surface area contributed by atoms with Crippen molar-refractivity contribution in [2.24, 2.45) is 11.3 Å². The van der Waals surface area contributed by atoms with Crippen molar-refractivity contribution < 1.29 is 7.65 Å². The summed E-state index contributed by atoms with van der Waals surface area (Å²) in [7, 11) is 0. The van der Waals surface area contributed by atoms with E-state index < -0.39 is 0 Å². The van der Waals surface area contributed by atoms with Crippen LogP contribution in [0, 0.1) is 11.3 Å². The van der Waals surface area contributed by atoms with E-state index in [1.165, 1.54) is 80.4 Å². The average Bonchev–Trinajstić information content (AvgIpc) is 3.18. The number of benzene rings is 1. The summed E-state index contributed by atoms with van der Waals surface area (Å²) in [6, 6.07) is 2.38. The van der Waals surface area contributed by atoms with E-state index >= 15 is 0 Å². The Balaban J connectivity index is 0.000000204. The summed E-state index contributed by atoms with van der Waals surface area (Å²) < 4.78 is 0. The molecule has 146 valence electrons. The predicted molar refractivity (Wildman–Crippen MR) is 112 cm³/mol. The number of hydrogen-bond acceptors (Lipinski definition) is 2. The van der Waals surface area contributed by atoms with Crippen LogP contribution in [0.5, 0.6) is 0 Å². The van der Waals surface area contributed by atoms with Gasteiger partial charge >= 0.3 is 0 Å². The van der Waals surface area contributed by atoms with E-state index in [0.717, 1.165) is 29.9 Å². The molecule has 1 aromatic rings. The van der Waals surface area contributed by atoms with E-state index in [1.807, 2.05) is 0 Å². The Kier molecular flexibility index (Phi) is 4.85. The number of rotatable bonds is 2. The van der Waals surface area contributed by atoms with Gasteiger partial charge in [0.25, 0.3) is 0 Å². The van der Waals surface area contributed by atoms with Crippen molar-refractivity contribution >= 4 is 11.6 Å². The van der Waals surface area contributed by atoms with Gasteiger partial charge < -0.3 is 10.2 Å². The van der Waals surface area contributed by atoms with Gasteiger partial charge in [0, 0.05) is 28.6 Å². The summed E-state index contributed by atoms with van der Waals surface area (Å²) in [5.41, 5.74) is 7.76. The van der Waals surface area contributed by atoms with Crippen LogP contribution in [-0.4, -0.2) is 30.4 Å². The fourth-order valence-electron chi connectivity index (χ4n) is 5.95. The summed E-state index contributed by atoms with van der Waals surface area (Å²) in [5, 5.41) is 3.07. The number of anilines is 1. The van der Waals surface area contributed by atoms with Crippen LogP contribution in [0.1, 0.15) is 71.6 Å². The highest BCUT2D eigenvalue weighted by atomic mass is 16.1. The van der Waals surface area contributed by atoms with Crippen LogP contribution >= 0.6 is 0 Å². The number of nitrogens with one attached hydrogen (secondary N) is 1. The third kappa shape index (κ3) is 3.31. The Morgan fingerprint density at radius 3 is 2.19 bits per heavy atom. The second kappa shape index (κ2) is 6.99. The molecular weight excluding hydrogens is 320 g/mol. The summed E-state index contributed by atoms with van der Waals surface area (Å²) in [6.07, 6.45) is 10.1. The third-order valence-corrected chi connectivity index (χ3v) is 6.90. The van der Waals surface area contributed by atoms with Crippen LogP contribution in [-0.2, 0) is 30.5 Å². The molecule has 1 heterocycles. The topological polar surface area (TPSA) is 32.3 Å². The molecule has 1 aromatic carbocycles. The fourth-order valence-corrected chi connectivity index (χ4v) is 5.95. The molecule has 1 aliphatic heterocycles. The second-order valence-electron chi connectivity index (χ2n) is 9.23. The number of nitrogens with zero attached hydrogens (tertiary/aromatic N) is 1. The SMILES string of the molecule is CC(=O)Nc1c2c(cc3c1CCC3)CCC2.CCN1CC2(CC(C)C2)C1.[HH].[HH]. The first kappa shape index (κ1) is 18.0. The molecule has 1 saturated carbocycles. The van der Waals surface area contributed by atoms with E-state index in [1.54, 1.807) is 6.92 Å². The van der Waals surface area contributed by atoms with Crippen LogP contribution in [0.15, 0.2) is 6.07 Å². The van der Waals surface area contributed by atoms with Gasteiger partial charge in [0.05, 0.1) is 0 Å². The Hall–Kier alpha value is -1.35. The van der Waals surface area contributed by atoms with Crippen LogP contribution in [0.4, 0.5) is 5.69 Å². The monoisotopic (exact) mass is 358 g/mol. The van der Waals surface area contributed by atoms with Gasteiger partial charge in [-0.05, 0) is 91.5 Å². The number of hydrogen-bond donors (Lipinski definition) is 1. The molecule has 4 aliphatic rings. The van der Waals surface area contributed by atoms with Crippen molar-refractivity contribution in [3.8, 4) is 0 Å². The largest absolute Gasteiger partial charge is 0.326 e. The van der Waals surface area contributed by atoms with Gasteiger partial charge in [-0.3, -0.25) is 4.79 Å². The zero-order valence-corrected chi connectivity index (χ0v) is 16.8. The summed E-state index contributed by atoms with van der Waals surface area (Å²) >= 11 is 0. The quantitative estimate of drug-likeness (QED) is 0.819. The predicted octanol–water partition coefficient (Wildman–Crippen LogP) is 4.85. The lowest BCUT2D eigenvalue weighted by molar-refractivity contribution is -0.114. The lowest BCUT2D eigenvalue weighted by atomic mass is 9.58. The normalized spacial score (nSPS) is 22.7. The first-order valence-electron chi connectivity index (χ1n) is 10.7. The zero-order chi connectivity index (χ0) is 18.3. The number of aryl methyl sites for hydroxylation is 2. The molecule has 1 amide bonds. The van der Waals surface area contributed by atoms with Crippen LogP contribution < -0.4 is 5.32 Å². The lowest BCUT2D eigenvalue weighted by Gasteiger charge is -2.58. The molecule has 1 spiro atoms. The van der Waals surface area contributed by atoms with Crippen molar-refractivity contribution in [3.63, 3.8) is 0 Å². The maximum absolute atomic E-state index is 11.3. The number of carbonyl (C=O) groups excluding carboxylic acids is 1. The van der Waals surface area contributed by atoms with E-state index in [-0.39, 0.29) is 8.76 Å². The molecule has 0 aromatic heterocycles. The maximum Gasteiger partial charge on any atom is 0.221 e. The van der Waals surface area contributed by atoms with Crippen molar-refractivity contribution in [1.29, 1.82) is 0 Å². The zero-order valence-electron chi connectivity index (χ0n) is 16.8. The van der Waals surface area contributed by atoms with Crippen LogP contribution in [0.2, 0.25) is 0 Å². The maximum atomic E-state index is 11.3. The van der Waals surface area contributed by atoms with Crippen molar-refractivity contribution in [2.75, 3.05) is 25.0 Å². The third-order valence-electron chi connectivity index (χ3n) is 6.90. The van der Waals surface area contributed by atoms with E-state index in [9.17, 15) is 4.79 Å². The highest BCUT2D eigenvalue weighted by molar-refractivity contribution is 5.91. The standard InChI is InChI=1S/C14H17NO.C9H17N.2H2/c1-9(16)15-14-12-6-2-4-10(12)8-11-5-3-7-13(11)14;1-3-10-6-9(7-10)4-8(2)5-9;;/h8H,2-7H2,1H3,(H,15,16);8H,3-7H2,1-2H3;2*1H. The molecule has 5 rings (SSSR count). The molecular formula is C23H38N2O. The molecule has 0 bridgehead atoms. The molecule has 3 nitrogen and oxygen atoms in total. The minimum absolute atomic E-state index is 0. The molecule has 0 unspecified atom stereocenters. The van der Waals surface area contributed by atoms with E-state index in [2.05, 4.69) is 30.1 Å². The smallest absolute Gasteiger partial charge is 0.221 e. The Morgan fingerprint density at radius 1 is 1.15 bits per heavy atom. The minimum Gasteiger partial charge on any atom is -0.326 e. The summed E-state index contributed by atoms with van der Waals surface area (Å²) in [4.78, 5) is 13.8. The molecule has 26 heavy (non-hydrogen) atoms. The van der Waals surface area contributed by atoms with Gasteiger partial charge in [-0.1, -0.05) is 19.9 Å². The van der Waals surface area contributed by atoms with Gasteiger partial charge in [-0.2, -0.15) is 0 Å². The Morgan fingerprint density at radius 2 is 1.73 bits per heavy atom. The number of carbonyl (C=O) groups is 1. The minimum atomic E-state index is 0. The van der Waals surface area contributed by atoms with Gasteiger partial charge in [0.1, 0.15) is 0 Å². The molecule has 3 aliphatic carbocycles. The number of fused-ring (bicyclic) bond motifs is 2. The van der Waals surface area contributed by atoms with Crippen molar-refractivity contribution in [2.45, 2.75) is 72.1 Å². The first-order valence-corrected chi connectivity index (χ1v) is 10.7. The highest BCUT2D eigenvalue weighted by Crippen LogP contribution is 2.51. The van der Waals surface area contributed by atoms with Crippen molar-refractivity contribution in [3.05, 3.63) is 28.3 Å². The van der Waals surface area contributed by atoms with Crippen LogP contribution in [0.3, 0.4) is 0 Å². The number of amides is 1. The Labute approximate surface area is 161 Å². The molecule has 0 radical (unpaired) electrons. The summed E-state index contributed by atoms with van der Waals surface area (Å²) in [6.45, 7) is 10.3. The van der Waals surface area contributed by atoms with Gasteiger partial charge in [0.2, 0.25) is 5.91 Å². The molecule has 1 saturated heterocycles. The molecule has 2 fully saturated rings. The average molecular weight is 359 g/mol. The lowest BCUT2D eigenvalue weighted by Crippen LogP contribution is -2.61. The van der Waals surface area contributed by atoms with E-state index in [0.29, 0.717) is 0 Å². The van der Waals surface area contributed by atoms with Crippen LogP contribution in [0.25, 0.3) is 0 Å². The van der Waals surface area contributed by atoms with Gasteiger partial charge in [0.15, 0.2) is 0 Å². The fraction of sp³-hybridized carbons (Fsp3) is 0.696. The first-order chi connectivity index (χ1) is 12.5.